The molecule has 0 bridgehead atoms. The second-order valence-electron chi connectivity index (χ2n) is 6.88. The minimum Gasteiger partial charge on any atom is -0.462 e. The summed E-state index contributed by atoms with van der Waals surface area (Å²) < 4.78 is 11.7. The number of carbonyl (C=O) groups is 2. The van der Waals surface area contributed by atoms with E-state index in [9.17, 15) is 9.59 Å². The zero-order valence-electron chi connectivity index (χ0n) is 16.5. The molecule has 0 aliphatic carbocycles. The highest BCUT2D eigenvalue weighted by molar-refractivity contribution is 7.21. The summed E-state index contributed by atoms with van der Waals surface area (Å²) >= 11 is 7.62. The smallest absolute Gasteiger partial charge is 0.355 e. The van der Waals surface area contributed by atoms with Crippen molar-refractivity contribution in [3.05, 3.63) is 99.9 Å². The summed E-state index contributed by atoms with van der Waals surface area (Å²) in [6.45, 7) is 0.342. The molecule has 0 spiro atoms. The van der Waals surface area contributed by atoms with Crippen LogP contribution in [-0.4, -0.2) is 18.5 Å². The monoisotopic (exact) mass is 450 g/mol. The first-order valence-corrected chi connectivity index (χ1v) is 11.0. The summed E-state index contributed by atoms with van der Waals surface area (Å²) in [6.07, 6.45) is 1.60. The van der Waals surface area contributed by atoms with E-state index in [1.165, 1.54) is 16.9 Å². The van der Waals surface area contributed by atoms with E-state index >= 15 is 0 Å². The van der Waals surface area contributed by atoms with Crippen LogP contribution in [0.2, 0.25) is 5.02 Å². The minimum atomic E-state index is -0.526. The second-order valence-corrected chi connectivity index (χ2v) is 8.31. The third-order valence-corrected chi connectivity index (χ3v) is 6.36. The van der Waals surface area contributed by atoms with E-state index in [-0.39, 0.29) is 0 Å². The number of hydrogen-bond acceptors (Lipinski definition) is 5. The van der Waals surface area contributed by atoms with Crippen LogP contribution in [0.25, 0.3) is 10.1 Å². The molecule has 4 aromatic rings. The molecule has 0 aliphatic heterocycles. The topological polar surface area (TPSA) is 52.6 Å². The molecule has 0 unspecified atom stereocenters. The molecule has 0 saturated carbocycles. The largest absolute Gasteiger partial charge is 0.462 e. The van der Waals surface area contributed by atoms with Gasteiger partial charge in [0.05, 0.1) is 17.2 Å². The molecule has 0 atom stereocenters. The Labute approximate surface area is 189 Å². The Kier molecular flexibility index (Phi) is 6.65. The molecule has 0 N–H and O–H groups in total. The van der Waals surface area contributed by atoms with Gasteiger partial charge in [-0.25, -0.2) is 9.59 Å². The Morgan fingerprint density at radius 2 is 1.55 bits per heavy atom. The lowest BCUT2D eigenvalue weighted by atomic mass is 10.1. The maximum absolute atomic E-state index is 12.5. The average Bonchev–Trinajstić information content (AvgIpc) is 3.14. The fourth-order valence-electron chi connectivity index (χ4n) is 3.13. The molecule has 6 heteroatoms. The van der Waals surface area contributed by atoms with Crippen molar-refractivity contribution in [2.75, 3.05) is 6.61 Å². The number of esters is 2. The molecular weight excluding hydrogens is 432 g/mol. The van der Waals surface area contributed by atoms with Crippen molar-refractivity contribution >= 4 is 45.0 Å². The van der Waals surface area contributed by atoms with Crippen LogP contribution in [0.3, 0.4) is 0 Å². The predicted octanol–water partition coefficient (Wildman–Crippen LogP) is 6.56. The molecule has 0 aliphatic rings. The average molecular weight is 451 g/mol. The van der Waals surface area contributed by atoms with Gasteiger partial charge in [0.15, 0.2) is 0 Å². The van der Waals surface area contributed by atoms with Gasteiger partial charge in [-0.1, -0.05) is 60.1 Å². The Bertz CT molecular complexity index is 1200. The Hall–Kier alpha value is -3.15. The van der Waals surface area contributed by atoms with Crippen LogP contribution in [0.4, 0.5) is 0 Å². The van der Waals surface area contributed by atoms with E-state index in [4.69, 9.17) is 21.1 Å². The van der Waals surface area contributed by atoms with Crippen LogP contribution in [0, 0.1) is 0 Å². The zero-order chi connectivity index (χ0) is 21.6. The summed E-state index contributed by atoms with van der Waals surface area (Å²) in [5.74, 6) is -0.597. The fourth-order valence-corrected chi connectivity index (χ4v) is 4.51. The summed E-state index contributed by atoms with van der Waals surface area (Å²) in [5, 5.41) is 1.22. The first-order chi connectivity index (χ1) is 15.1. The van der Waals surface area contributed by atoms with E-state index in [1.807, 2.05) is 54.6 Å². The Morgan fingerprint density at radius 3 is 2.29 bits per heavy atom. The van der Waals surface area contributed by atoms with Crippen molar-refractivity contribution in [2.24, 2.45) is 0 Å². The van der Waals surface area contributed by atoms with Crippen molar-refractivity contribution < 1.29 is 19.1 Å². The lowest BCUT2D eigenvalue weighted by Gasteiger charge is -2.07. The summed E-state index contributed by atoms with van der Waals surface area (Å²) in [4.78, 5) is 25.1. The number of aryl methyl sites for hydroxylation is 1. The Balaban J connectivity index is 1.31. The van der Waals surface area contributed by atoms with E-state index in [0.29, 0.717) is 27.8 Å². The molecule has 0 amide bonds. The van der Waals surface area contributed by atoms with E-state index in [1.54, 1.807) is 24.3 Å². The normalized spacial score (nSPS) is 10.7. The van der Waals surface area contributed by atoms with Gasteiger partial charge in [-0.15, -0.1) is 11.3 Å². The third-order valence-electron chi connectivity index (χ3n) is 4.71. The van der Waals surface area contributed by atoms with Crippen molar-refractivity contribution in [2.45, 2.75) is 12.8 Å². The highest BCUT2D eigenvalue weighted by atomic mass is 35.5. The van der Waals surface area contributed by atoms with E-state index < -0.39 is 11.9 Å². The highest BCUT2D eigenvalue weighted by Gasteiger charge is 2.19. The van der Waals surface area contributed by atoms with Crippen LogP contribution >= 0.6 is 22.9 Å². The van der Waals surface area contributed by atoms with Gasteiger partial charge in [-0.05, 0) is 48.7 Å². The predicted molar refractivity (Wildman–Crippen MR) is 123 cm³/mol. The van der Waals surface area contributed by atoms with Gasteiger partial charge >= 0.3 is 11.9 Å². The highest BCUT2D eigenvalue weighted by Crippen LogP contribution is 2.35. The molecule has 0 radical (unpaired) electrons. The second kappa shape index (κ2) is 9.77. The van der Waals surface area contributed by atoms with Gasteiger partial charge in [0.1, 0.15) is 10.6 Å². The number of carbonyl (C=O) groups excluding carboxylic acids is 2. The van der Waals surface area contributed by atoms with Gasteiger partial charge in [0.25, 0.3) is 0 Å². The SMILES string of the molecule is O=C(OCCCc1ccccc1)c1ccc(OC(=O)c2sc3ccccc3c2Cl)cc1. The van der Waals surface area contributed by atoms with Gasteiger partial charge in [-0.2, -0.15) is 0 Å². The standard InChI is InChI=1S/C25H19ClO4S/c26-22-20-10-4-5-11-21(20)31-23(22)25(28)30-19-14-12-18(13-15-19)24(27)29-16-6-9-17-7-2-1-3-8-17/h1-5,7-8,10-15H,6,9,16H2. The van der Waals surface area contributed by atoms with Crippen molar-refractivity contribution in [1.82, 2.24) is 0 Å². The summed E-state index contributed by atoms with van der Waals surface area (Å²) in [7, 11) is 0. The number of hydrogen-bond donors (Lipinski definition) is 0. The molecule has 4 rings (SSSR count). The number of ether oxygens (including phenoxy) is 2. The van der Waals surface area contributed by atoms with Gasteiger partial charge in [-0.3, -0.25) is 0 Å². The fraction of sp³-hybridized carbons (Fsp3) is 0.120. The van der Waals surface area contributed by atoms with Crippen LogP contribution < -0.4 is 4.74 Å². The van der Waals surface area contributed by atoms with Crippen LogP contribution in [0.5, 0.6) is 5.75 Å². The molecule has 1 aromatic heterocycles. The summed E-state index contributed by atoms with van der Waals surface area (Å²) in [5.41, 5.74) is 1.61. The number of rotatable bonds is 7. The van der Waals surface area contributed by atoms with Crippen molar-refractivity contribution in [1.29, 1.82) is 0 Å². The maximum atomic E-state index is 12.5. The van der Waals surface area contributed by atoms with Crippen LogP contribution in [-0.2, 0) is 11.2 Å². The molecule has 1 heterocycles. The van der Waals surface area contributed by atoms with Crippen molar-refractivity contribution in [3.63, 3.8) is 0 Å². The lowest BCUT2D eigenvalue weighted by molar-refractivity contribution is 0.0500. The Morgan fingerprint density at radius 1 is 0.839 bits per heavy atom. The molecule has 31 heavy (non-hydrogen) atoms. The van der Waals surface area contributed by atoms with Crippen LogP contribution in [0.15, 0.2) is 78.9 Å². The van der Waals surface area contributed by atoms with Gasteiger partial charge in [0.2, 0.25) is 0 Å². The minimum absolute atomic E-state index is 0.333. The quantitative estimate of drug-likeness (QED) is 0.182. The van der Waals surface area contributed by atoms with Gasteiger partial charge in [0, 0.05) is 10.1 Å². The molecule has 3 aromatic carbocycles. The molecular formula is C25H19ClO4S. The van der Waals surface area contributed by atoms with Crippen molar-refractivity contribution in [3.8, 4) is 5.75 Å². The number of halogens is 1. The number of thiophene rings is 1. The van der Waals surface area contributed by atoms with Gasteiger partial charge < -0.3 is 9.47 Å². The first kappa shape index (κ1) is 21.1. The maximum Gasteiger partial charge on any atom is 0.355 e. The van der Waals surface area contributed by atoms with E-state index in [2.05, 4.69) is 0 Å². The molecule has 0 saturated heterocycles. The van der Waals surface area contributed by atoms with E-state index in [0.717, 1.165) is 22.9 Å². The molecule has 0 fully saturated rings. The third kappa shape index (κ3) is 5.13. The number of benzene rings is 3. The molecule has 4 nitrogen and oxygen atoms in total. The summed E-state index contributed by atoms with van der Waals surface area (Å²) in [6, 6.07) is 23.9. The first-order valence-electron chi connectivity index (χ1n) is 9.82. The van der Waals surface area contributed by atoms with Crippen LogP contribution in [0.1, 0.15) is 32.0 Å². The lowest BCUT2D eigenvalue weighted by Crippen LogP contribution is -2.09. The number of fused-ring (bicyclic) bond motifs is 1. The molecule has 156 valence electrons. The zero-order valence-corrected chi connectivity index (χ0v) is 18.1.